The van der Waals surface area contributed by atoms with Gasteiger partial charge in [0.05, 0.1) is 29.9 Å². The van der Waals surface area contributed by atoms with Crippen molar-refractivity contribution in [2.24, 2.45) is 0 Å². The number of anilines is 2. The second kappa shape index (κ2) is 6.33. The molecule has 0 atom stereocenters. The lowest BCUT2D eigenvalue weighted by atomic mass is 10.1. The molecular weight excluding hydrogens is 281 g/mol. The van der Waals surface area contributed by atoms with Gasteiger partial charge < -0.3 is 15.8 Å². The van der Waals surface area contributed by atoms with Gasteiger partial charge in [0.2, 0.25) is 0 Å². The second-order valence-corrected chi connectivity index (χ2v) is 4.93. The molecule has 0 radical (unpaired) electrons. The van der Waals surface area contributed by atoms with Crippen LogP contribution in [0.2, 0.25) is 0 Å². The number of hydrogen-bond acceptors (Lipinski definition) is 6. The zero-order chi connectivity index (χ0) is 14.5. The van der Waals surface area contributed by atoms with Crippen molar-refractivity contribution in [1.82, 2.24) is 4.98 Å². The van der Waals surface area contributed by atoms with Crippen molar-refractivity contribution in [1.29, 1.82) is 0 Å². The highest BCUT2D eigenvalue weighted by molar-refractivity contribution is 7.09. The molecule has 5 nitrogen and oxygen atoms in total. The Balaban J connectivity index is 2.19. The summed E-state index contributed by atoms with van der Waals surface area (Å²) < 4.78 is 18.7. The molecule has 0 spiro atoms. The van der Waals surface area contributed by atoms with E-state index in [-0.39, 0.29) is 23.5 Å². The van der Waals surface area contributed by atoms with Crippen LogP contribution in [0.4, 0.5) is 15.8 Å². The average Bonchev–Trinajstić information content (AvgIpc) is 2.91. The molecule has 0 fully saturated rings. The molecule has 2 rings (SSSR count). The minimum atomic E-state index is -0.564. The number of aromatic nitrogens is 1. The number of nitrogen functional groups attached to an aromatic ring is 1. The highest BCUT2D eigenvalue weighted by Gasteiger charge is 2.15. The quantitative estimate of drug-likeness (QED) is 0.655. The van der Waals surface area contributed by atoms with E-state index in [1.807, 2.05) is 0 Å². The van der Waals surface area contributed by atoms with E-state index in [1.54, 1.807) is 18.6 Å². The summed E-state index contributed by atoms with van der Waals surface area (Å²) in [5, 5.41) is 2.91. The maximum atomic E-state index is 13.8. The van der Waals surface area contributed by atoms with Crippen LogP contribution in [-0.4, -0.2) is 17.6 Å². The minimum absolute atomic E-state index is 0.0595. The van der Waals surface area contributed by atoms with Gasteiger partial charge in [0.15, 0.2) is 0 Å². The average molecular weight is 295 g/mol. The molecule has 0 amide bonds. The number of nitrogens with zero attached hydrogens (tertiary/aromatic N) is 1. The van der Waals surface area contributed by atoms with Crippen LogP contribution in [0.3, 0.4) is 0 Å². The number of nitrogens with one attached hydrogen (secondary N) is 1. The minimum Gasteiger partial charge on any atom is -0.462 e. The third-order valence-electron chi connectivity index (χ3n) is 2.57. The van der Waals surface area contributed by atoms with Gasteiger partial charge in [-0.05, 0) is 19.1 Å². The maximum absolute atomic E-state index is 13.8. The molecule has 0 bridgehead atoms. The molecule has 3 N–H and O–H groups in total. The SMILES string of the molecule is CCOC(=O)c1cc(NCc2cncs2)c(F)cc1N. The summed E-state index contributed by atoms with van der Waals surface area (Å²) >= 11 is 1.46. The Hall–Kier alpha value is -2.15. The summed E-state index contributed by atoms with van der Waals surface area (Å²) in [5.41, 5.74) is 7.75. The molecule has 0 aliphatic carbocycles. The van der Waals surface area contributed by atoms with Crippen molar-refractivity contribution in [3.63, 3.8) is 0 Å². The number of rotatable bonds is 5. The van der Waals surface area contributed by atoms with Crippen molar-refractivity contribution in [2.45, 2.75) is 13.5 Å². The van der Waals surface area contributed by atoms with Crippen LogP contribution in [0, 0.1) is 5.82 Å². The van der Waals surface area contributed by atoms with E-state index < -0.39 is 11.8 Å². The van der Waals surface area contributed by atoms with Gasteiger partial charge in [0.25, 0.3) is 0 Å². The van der Waals surface area contributed by atoms with Crippen LogP contribution in [0.15, 0.2) is 23.8 Å². The number of nitrogens with two attached hydrogens (primary N) is 1. The Bertz CT molecular complexity index is 602. The fourth-order valence-corrected chi connectivity index (χ4v) is 2.16. The predicted molar refractivity (Wildman–Crippen MR) is 76.2 cm³/mol. The molecular formula is C13H14FN3O2S. The van der Waals surface area contributed by atoms with E-state index in [2.05, 4.69) is 10.3 Å². The molecule has 106 valence electrons. The number of carbonyl (C=O) groups is 1. The Labute approximate surface area is 119 Å². The molecule has 20 heavy (non-hydrogen) atoms. The molecule has 1 aromatic carbocycles. The monoisotopic (exact) mass is 295 g/mol. The highest BCUT2D eigenvalue weighted by atomic mass is 32.1. The molecule has 1 heterocycles. The molecule has 0 saturated carbocycles. The molecule has 1 aromatic heterocycles. The standard InChI is InChI=1S/C13H14FN3O2S/c1-2-19-13(18)9-3-12(10(14)4-11(9)15)17-6-8-5-16-7-20-8/h3-5,7,17H,2,6,15H2,1H3. The Morgan fingerprint density at radius 2 is 2.35 bits per heavy atom. The topological polar surface area (TPSA) is 77.2 Å². The largest absolute Gasteiger partial charge is 0.462 e. The van der Waals surface area contributed by atoms with Crippen molar-refractivity contribution >= 4 is 28.7 Å². The van der Waals surface area contributed by atoms with E-state index in [1.165, 1.54) is 17.4 Å². The van der Waals surface area contributed by atoms with Crippen molar-refractivity contribution in [2.75, 3.05) is 17.7 Å². The van der Waals surface area contributed by atoms with E-state index >= 15 is 0 Å². The Morgan fingerprint density at radius 3 is 3.00 bits per heavy atom. The Morgan fingerprint density at radius 1 is 1.55 bits per heavy atom. The fraction of sp³-hybridized carbons (Fsp3) is 0.231. The number of halogens is 1. The van der Waals surface area contributed by atoms with Gasteiger partial charge in [-0.15, -0.1) is 11.3 Å². The molecule has 0 unspecified atom stereocenters. The molecule has 0 saturated heterocycles. The number of benzene rings is 1. The number of esters is 1. The Kier molecular flexibility index (Phi) is 4.52. The molecule has 0 aliphatic heterocycles. The maximum Gasteiger partial charge on any atom is 0.340 e. The first-order chi connectivity index (χ1) is 9.61. The number of ether oxygens (including phenoxy) is 1. The van der Waals surface area contributed by atoms with E-state index in [9.17, 15) is 9.18 Å². The van der Waals surface area contributed by atoms with Crippen molar-refractivity contribution < 1.29 is 13.9 Å². The second-order valence-electron chi connectivity index (χ2n) is 3.96. The lowest BCUT2D eigenvalue weighted by molar-refractivity contribution is 0.0527. The van der Waals surface area contributed by atoms with Crippen LogP contribution >= 0.6 is 11.3 Å². The van der Waals surface area contributed by atoms with E-state index in [0.29, 0.717) is 6.54 Å². The first-order valence-corrected chi connectivity index (χ1v) is 6.87. The summed E-state index contributed by atoms with van der Waals surface area (Å²) in [7, 11) is 0. The van der Waals surface area contributed by atoms with Gasteiger partial charge in [-0.25, -0.2) is 9.18 Å². The van der Waals surface area contributed by atoms with E-state index in [4.69, 9.17) is 10.5 Å². The predicted octanol–water partition coefficient (Wildman–Crippen LogP) is 2.65. The van der Waals surface area contributed by atoms with Gasteiger partial charge in [0.1, 0.15) is 5.82 Å². The summed E-state index contributed by atoms with van der Waals surface area (Å²) in [6, 6.07) is 2.48. The number of thiazole rings is 1. The first kappa shape index (κ1) is 14.3. The fourth-order valence-electron chi connectivity index (χ4n) is 1.62. The van der Waals surface area contributed by atoms with Gasteiger partial charge >= 0.3 is 5.97 Å². The van der Waals surface area contributed by atoms with Gasteiger partial charge in [-0.2, -0.15) is 0 Å². The highest BCUT2D eigenvalue weighted by Crippen LogP contribution is 2.24. The van der Waals surface area contributed by atoms with Gasteiger partial charge in [-0.3, -0.25) is 4.98 Å². The first-order valence-electron chi connectivity index (χ1n) is 5.99. The molecule has 7 heteroatoms. The normalized spacial score (nSPS) is 10.3. The van der Waals surface area contributed by atoms with Crippen LogP contribution in [-0.2, 0) is 11.3 Å². The van der Waals surface area contributed by atoms with Crippen LogP contribution in [0.1, 0.15) is 22.2 Å². The van der Waals surface area contributed by atoms with Crippen molar-refractivity contribution in [3.05, 3.63) is 40.1 Å². The zero-order valence-corrected chi connectivity index (χ0v) is 11.7. The summed E-state index contributed by atoms with van der Waals surface area (Å²) in [4.78, 5) is 16.6. The zero-order valence-electron chi connectivity index (χ0n) is 10.9. The summed E-state index contributed by atoms with van der Waals surface area (Å²) in [6.07, 6.45) is 1.69. The van der Waals surface area contributed by atoms with Gasteiger partial charge in [-0.1, -0.05) is 0 Å². The summed E-state index contributed by atoms with van der Waals surface area (Å²) in [5.74, 6) is -1.08. The number of carbonyl (C=O) groups excluding carboxylic acids is 1. The third-order valence-corrected chi connectivity index (χ3v) is 3.35. The number of hydrogen-bond donors (Lipinski definition) is 2. The third kappa shape index (κ3) is 3.24. The molecule has 2 aromatic rings. The van der Waals surface area contributed by atoms with Crippen LogP contribution < -0.4 is 11.1 Å². The lowest BCUT2D eigenvalue weighted by Crippen LogP contribution is -2.10. The smallest absolute Gasteiger partial charge is 0.340 e. The summed E-state index contributed by atoms with van der Waals surface area (Å²) in [6.45, 7) is 2.35. The molecule has 0 aliphatic rings. The van der Waals surface area contributed by atoms with Crippen LogP contribution in [0.25, 0.3) is 0 Å². The van der Waals surface area contributed by atoms with Crippen molar-refractivity contribution in [3.8, 4) is 0 Å². The lowest BCUT2D eigenvalue weighted by Gasteiger charge is -2.11. The van der Waals surface area contributed by atoms with E-state index in [0.717, 1.165) is 10.9 Å². The van der Waals surface area contributed by atoms with Gasteiger partial charge in [0, 0.05) is 16.8 Å². The van der Waals surface area contributed by atoms with Crippen LogP contribution in [0.5, 0.6) is 0 Å².